The molecule has 0 aromatic heterocycles. The summed E-state index contributed by atoms with van der Waals surface area (Å²) in [5, 5.41) is 10.7. The van der Waals surface area contributed by atoms with E-state index < -0.39 is 0 Å². The number of hydrogen-bond donors (Lipinski definition) is 0. The van der Waals surface area contributed by atoms with Crippen molar-refractivity contribution in [1.29, 1.82) is 0 Å². The van der Waals surface area contributed by atoms with Crippen molar-refractivity contribution in [3.05, 3.63) is 156 Å². The van der Waals surface area contributed by atoms with Crippen molar-refractivity contribution in [3.63, 3.8) is 0 Å². The van der Waals surface area contributed by atoms with Crippen LogP contribution in [0.2, 0.25) is 13.1 Å². The summed E-state index contributed by atoms with van der Waals surface area (Å²) < 4.78 is 0. The molecule has 53 heavy (non-hydrogen) atoms. The molecule has 0 N–H and O–H groups in total. The monoisotopic (exact) mass is 826 g/mol. The molecule has 0 amide bonds. The molecule has 0 spiro atoms. The van der Waals surface area contributed by atoms with Crippen molar-refractivity contribution in [2.24, 2.45) is 0 Å². The summed E-state index contributed by atoms with van der Waals surface area (Å²) in [6.07, 6.45) is 0. The van der Waals surface area contributed by atoms with E-state index in [-0.39, 0.29) is 35.7 Å². The summed E-state index contributed by atoms with van der Waals surface area (Å²) in [7, 11) is 0. The fraction of sp³-hybridized carbons (Fsp3) is 0.224. The minimum absolute atomic E-state index is 0. The minimum Gasteiger partial charge on any atom is -1.00 e. The summed E-state index contributed by atoms with van der Waals surface area (Å²) in [4.78, 5) is 0. The van der Waals surface area contributed by atoms with Crippen LogP contribution in [0.3, 0.4) is 0 Å². The van der Waals surface area contributed by atoms with Gasteiger partial charge in [-0.15, -0.1) is 68.6 Å². The van der Waals surface area contributed by atoms with Gasteiger partial charge >= 0.3 is 41.9 Å². The maximum Gasteiger partial charge on any atom is -0.0132 e. The number of aryl methyl sites for hydroxylation is 2. The van der Waals surface area contributed by atoms with Crippen molar-refractivity contribution >= 4 is 48.5 Å². The van der Waals surface area contributed by atoms with Crippen molar-refractivity contribution < 1.29 is 48.1 Å². The maximum atomic E-state index is 2.37. The molecule has 8 aromatic carbocycles. The van der Waals surface area contributed by atoms with Crippen LogP contribution in [0.25, 0.3) is 65.3 Å². The van der Waals surface area contributed by atoms with Crippen molar-refractivity contribution in [3.8, 4) is 22.3 Å². The average Bonchev–Trinajstić information content (AvgIpc) is 3.72. The van der Waals surface area contributed by atoms with Crippen LogP contribution >= 0.6 is 0 Å². The van der Waals surface area contributed by atoms with Gasteiger partial charge in [0, 0.05) is 0 Å². The molecular formula is C49H50Cl2SiZr-2. The molecule has 0 aliphatic heterocycles. The number of hydrogen-bond acceptors (Lipinski definition) is 0. The van der Waals surface area contributed by atoms with Crippen LogP contribution < -0.4 is 24.8 Å². The van der Waals surface area contributed by atoms with E-state index in [2.05, 4.69) is 195 Å². The van der Waals surface area contributed by atoms with E-state index in [9.17, 15) is 0 Å². The predicted molar refractivity (Wildman–Crippen MR) is 225 cm³/mol. The number of benzene rings is 6. The first-order chi connectivity index (χ1) is 24.3. The molecule has 0 heterocycles. The van der Waals surface area contributed by atoms with E-state index in [0.717, 1.165) is 0 Å². The van der Waals surface area contributed by atoms with Crippen LogP contribution in [0.15, 0.2) is 133 Å². The van der Waals surface area contributed by atoms with Gasteiger partial charge in [0.2, 0.25) is 0 Å². The van der Waals surface area contributed by atoms with E-state index >= 15 is 0 Å². The molecular weight excluding hydrogens is 779 g/mol. The van der Waals surface area contributed by atoms with Gasteiger partial charge < -0.3 is 24.8 Å². The Bertz CT molecular complexity index is 2490. The van der Waals surface area contributed by atoms with Gasteiger partial charge in [0.05, 0.1) is 0 Å². The molecule has 270 valence electrons. The third-order valence-corrected chi connectivity index (χ3v) is 9.83. The van der Waals surface area contributed by atoms with Crippen LogP contribution in [-0.2, 0) is 28.8 Å². The van der Waals surface area contributed by atoms with Gasteiger partial charge in [-0.1, -0.05) is 151 Å². The van der Waals surface area contributed by atoms with Crippen LogP contribution in [-0.4, -0.2) is 5.43 Å². The quantitative estimate of drug-likeness (QED) is 0.0952. The first kappa shape index (κ1) is 42.5. The van der Waals surface area contributed by atoms with E-state index in [4.69, 9.17) is 0 Å². The second-order valence-corrected chi connectivity index (χ2v) is 24.9. The van der Waals surface area contributed by atoms with Gasteiger partial charge in [0.15, 0.2) is 0 Å². The maximum absolute atomic E-state index is 2.37. The van der Waals surface area contributed by atoms with Gasteiger partial charge in [-0.25, -0.2) is 0 Å². The molecule has 0 bridgehead atoms. The molecule has 0 atom stereocenters. The van der Waals surface area contributed by atoms with Gasteiger partial charge in [-0.2, -0.15) is 12.1 Å². The van der Waals surface area contributed by atoms with E-state index in [1.165, 1.54) is 87.6 Å². The molecule has 0 unspecified atom stereocenters. The predicted octanol–water partition coefficient (Wildman–Crippen LogP) is 8.59. The minimum atomic E-state index is 0. The number of rotatable bonds is 3. The summed E-state index contributed by atoms with van der Waals surface area (Å²) in [5.74, 6) is 0.548. The molecule has 0 aliphatic rings. The van der Waals surface area contributed by atoms with Gasteiger partial charge in [0.1, 0.15) is 0 Å². The summed E-state index contributed by atoms with van der Waals surface area (Å²) in [6.45, 7) is 20.3. The molecule has 4 heteroatoms. The largest absolute Gasteiger partial charge is 1.00 e. The summed E-state index contributed by atoms with van der Waals surface area (Å²) >= 11 is 1.74. The Kier molecular flexibility index (Phi) is 14.4. The zero-order valence-corrected chi connectivity index (χ0v) is 37.5. The molecule has 0 saturated carbocycles. The van der Waals surface area contributed by atoms with Crippen molar-refractivity contribution in [1.82, 2.24) is 0 Å². The van der Waals surface area contributed by atoms with E-state index in [0.29, 0.717) is 5.92 Å². The summed E-state index contributed by atoms with van der Waals surface area (Å²) in [6, 6.07) is 49.3. The Hall–Kier alpha value is -3.26. The Morgan fingerprint density at radius 3 is 1.87 bits per heavy atom. The van der Waals surface area contributed by atoms with Crippen LogP contribution in [0.4, 0.5) is 0 Å². The first-order valence-corrected chi connectivity index (χ1v) is 24.4. The van der Waals surface area contributed by atoms with Gasteiger partial charge in [-0.05, 0) is 49.6 Å². The van der Waals surface area contributed by atoms with Crippen LogP contribution in [0.5, 0.6) is 0 Å². The fourth-order valence-corrected chi connectivity index (χ4v) is 7.09. The Morgan fingerprint density at radius 2 is 1.21 bits per heavy atom. The van der Waals surface area contributed by atoms with Gasteiger partial charge in [-0.3, -0.25) is 0 Å². The molecule has 0 aliphatic carbocycles. The summed E-state index contributed by atoms with van der Waals surface area (Å²) in [5.41, 5.74) is 11.2. The van der Waals surface area contributed by atoms with Crippen molar-refractivity contribution in [2.75, 3.05) is 0 Å². The van der Waals surface area contributed by atoms with Crippen LogP contribution in [0, 0.1) is 13.8 Å². The third kappa shape index (κ3) is 9.52. The molecule has 8 aromatic rings. The Balaban J connectivity index is 0.000000212. The molecule has 0 radical (unpaired) electrons. The first-order valence-electron chi connectivity index (χ1n) is 18.2. The second kappa shape index (κ2) is 17.9. The third-order valence-electron chi connectivity index (χ3n) is 9.83. The van der Waals surface area contributed by atoms with Crippen molar-refractivity contribution in [2.45, 2.75) is 72.9 Å². The van der Waals surface area contributed by atoms with E-state index in [1.54, 1.807) is 23.3 Å². The Labute approximate surface area is 345 Å². The zero-order valence-electron chi connectivity index (χ0n) is 32.5. The topological polar surface area (TPSA) is 0 Å². The number of halogens is 2. The van der Waals surface area contributed by atoms with Crippen LogP contribution in [0.1, 0.15) is 62.8 Å². The second-order valence-electron chi connectivity index (χ2n) is 15.6. The normalized spacial score (nSPS) is 11.1. The standard InChI is InChI=1S/C26H21.C21H23.C2H6Si.2ClH.Zr/c1-17(2)20-15-19-8-5-10-24(26(19)16-20)23-12-6-11-22-21-9-4-3-7-18(21)13-14-25(22)23;1-14-12-19-15(2)6-11-18(20(19)13-14)16-7-9-17(10-8-16)21(3,4)5;1-3-2;;;/h3-17H,1-2H3;6-13H,1-5H3;1-2H3;2*1H;/q2*-1;;;;+2/p-2. The average molecular weight is 829 g/mol. The molecule has 0 fully saturated rings. The zero-order chi connectivity index (χ0) is 36.4. The number of fused-ring (bicyclic) bond motifs is 5. The smallest absolute Gasteiger partial charge is 0.0132 e. The fourth-order valence-electron chi connectivity index (χ4n) is 7.09. The van der Waals surface area contributed by atoms with E-state index in [1.807, 2.05) is 0 Å². The SMILES string of the molecule is CC(C)c1cc2c(-c3cccc4c3ccc3ccccc34)cccc2[cH-]1.C[Si](C)=[Zr+2].Cc1cc2c(-c3ccc(C(C)(C)C)cc3)ccc(C)c2[cH-]1.[Cl-].[Cl-]. The molecule has 0 nitrogen and oxygen atoms in total. The molecule has 8 rings (SSSR count). The Morgan fingerprint density at radius 1 is 0.585 bits per heavy atom. The van der Waals surface area contributed by atoms with Gasteiger partial charge in [0.25, 0.3) is 0 Å². The molecule has 0 saturated heterocycles.